The predicted octanol–water partition coefficient (Wildman–Crippen LogP) is 3.25. The molecule has 1 aliphatic rings. The van der Waals surface area contributed by atoms with E-state index in [1.54, 1.807) is 0 Å². The second-order valence-corrected chi connectivity index (χ2v) is 5.22. The van der Waals surface area contributed by atoms with Crippen LogP contribution in [0.3, 0.4) is 0 Å². The van der Waals surface area contributed by atoms with Crippen LogP contribution in [-0.4, -0.2) is 6.61 Å². The van der Waals surface area contributed by atoms with E-state index in [0.717, 1.165) is 19.4 Å². The van der Waals surface area contributed by atoms with E-state index in [-0.39, 0.29) is 5.60 Å². The summed E-state index contributed by atoms with van der Waals surface area (Å²) in [6, 6.07) is 2.29. The minimum Gasteiger partial charge on any atom is -0.370 e. The van der Waals surface area contributed by atoms with Gasteiger partial charge in [0.05, 0.1) is 12.2 Å². The van der Waals surface area contributed by atoms with Crippen LogP contribution >= 0.6 is 11.3 Å². The van der Waals surface area contributed by atoms with Crippen molar-refractivity contribution in [3.05, 3.63) is 21.4 Å². The van der Waals surface area contributed by atoms with Gasteiger partial charge in [-0.05, 0) is 31.9 Å². The van der Waals surface area contributed by atoms with Crippen molar-refractivity contribution in [1.29, 1.82) is 0 Å². The summed E-state index contributed by atoms with van der Waals surface area (Å²) in [6.45, 7) is 7.47. The Kier molecular flexibility index (Phi) is 2.20. The zero-order chi connectivity index (χ0) is 9.47. The highest BCUT2D eigenvalue weighted by molar-refractivity contribution is 7.12. The maximum absolute atomic E-state index is 5.86. The Hall–Kier alpha value is -0.340. The largest absolute Gasteiger partial charge is 0.370 e. The van der Waals surface area contributed by atoms with Crippen molar-refractivity contribution >= 4 is 11.3 Å². The molecule has 72 valence electrons. The summed E-state index contributed by atoms with van der Waals surface area (Å²) in [7, 11) is 0. The van der Waals surface area contributed by atoms with E-state index in [1.165, 1.54) is 15.3 Å². The molecular formula is C11H16OS. The van der Waals surface area contributed by atoms with Crippen molar-refractivity contribution in [1.82, 2.24) is 0 Å². The van der Waals surface area contributed by atoms with E-state index in [4.69, 9.17) is 4.74 Å². The van der Waals surface area contributed by atoms with Gasteiger partial charge in [0.15, 0.2) is 0 Å². The molecule has 1 atom stereocenters. The first-order valence-corrected chi connectivity index (χ1v) is 5.71. The highest BCUT2D eigenvalue weighted by Gasteiger charge is 2.32. The van der Waals surface area contributed by atoms with E-state index in [9.17, 15) is 0 Å². The highest BCUT2D eigenvalue weighted by Crippen LogP contribution is 2.39. The van der Waals surface area contributed by atoms with Crippen LogP contribution in [0.25, 0.3) is 0 Å². The maximum atomic E-state index is 5.86. The minimum absolute atomic E-state index is 0.0155. The van der Waals surface area contributed by atoms with Crippen molar-refractivity contribution in [3.63, 3.8) is 0 Å². The molecule has 0 saturated carbocycles. The number of aryl methyl sites for hydroxylation is 1. The minimum atomic E-state index is -0.0155. The first-order valence-electron chi connectivity index (χ1n) is 4.89. The fourth-order valence-corrected chi connectivity index (χ4v) is 3.07. The smallest absolute Gasteiger partial charge is 0.0911 e. The molecule has 0 amide bonds. The van der Waals surface area contributed by atoms with Crippen LogP contribution in [0.4, 0.5) is 0 Å². The SMILES string of the molecule is CCC1(C)OCCc2sc(C)cc21. The number of hydrogen-bond donors (Lipinski definition) is 0. The fraction of sp³-hybridized carbons (Fsp3) is 0.636. The van der Waals surface area contributed by atoms with Gasteiger partial charge in [0.2, 0.25) is 0 Å². The molecule has 2 heterocycles. The number of fused-ring (bicyclic) bond motifs is 1. The molecule has 2 rings (SSSR count). The lowest BCUT2D eigenvalue weighted by Crippen LogP contribution is -2.30. The molecule has 0 spiro atoms. The summed E-state index contributed by atoms with van der Waals surface area (Å²) >= 11 is 1.93. The molecule has 1 nitrogen and oxygen atoms in total. The molecule has 1 aromatic rings. The Balaban J connectivity index is 2.47. The van der Waals surface area contributed by atoms with Crippen LogP contribution in [0.15, 0.2) is 6.07 Å². The van der Waals surface area contributed by atoms with Gasteiger partial charge in [-0.2, -0.15) is 0 Å². The molecule has 1 aromatic heterocycles. The topological polar surface area (TPSA) is 9.23 Å². The normalized spacial score (nSPS) is 27.3. The van der Waals surface area contributed by atoms with E-state index in [2.05, 4.69) is 26.8 Å². The average molecular weight is 196 g/mol. The van der Waals surface area contributed by atoms with Crippen LogP contribution in [0.1, 0.15) is 35.6 Å². The van der Waals surface area contributed by atoms with Gasteiger partial charge >= 0.3 is 0 Å². The Labute approximate surface area is 83.7 Å². The van der Waals surface area contributed by atoms with Gasteiger partial charge in [0, 0.05) is 16.2 Å². The number of thiophene rings is 1. The van der Waals surface area contributed by atoms with E-state index in [1.807, 2.05) is 11.3 Å². The summed E-state index contributed by atoms with van der Waals surface area (Å²) in [5.74, 6) is 0. The molecule has 0 aliphatic carbocycles. The molecule has 1 aliphatic heterocycles. The van der Waals surface area contributed by atoms with Gasteiger partial charge in [-0.25, -0.2) is 0 Å². The van der Waals surface area contributed by atoms with Gasteiger partial charge < -0.3 is 4.74 Å². The summed E-state index contributed by atoms with van der Waals surface area (Å²) in [5.41, 5.74) is 1.42. The molecule has 13 heavy (non-hydrogen) atoms. The van der Waals surface area contributed by atoms with Crippen molar-refractivity contribution in [2.24, 2.45) is 0 Å². The van der Waals surface area contributed by atoms with Crippen LogP contribution in [0, 0.1) is 6.92 Å². The molecule has 1 unspecified atom stereocenters. The van der Waals surface area contributed by atoms with Gasteiger partial charge in [-0.15, -0.1) is 11.3 Å². The summed E-state index contributed by atoms with van der Waals surface area (Å²) in [4.78, 5) is 2.95. The zero-order valence-electron chi connectivity index (χ0n) is 8.52. The van der Waals surface area contributed by atoms with E-state index < -0.39 is 0 Å². The second-order valence-electron chi connectivity index (χ2n) is 3.88. The first-order chi connectivity index (χ1) is 6.15. The predicted molar refractivity (Wildman–Crippen MR) is 56.4 cm³/mol. The molecule has 0 bridgehead atoms. The third-order valence-corrected chi connectivity index (χ3v) is 4.04. The van der Waals surface area contributed by atoms with Crippen molar-refractivity contribution < 1.29 is 4.74 Å². The van der Waals surface area contributed by atoms with E-state index >= 15 is 0 Å². The lowest BCUT2D eigenvalue weighted by atomic mass is 9.90. The van der Waals surface area contributed by atoms with Gasteiger partial charge in [-0.1, -0.05) is 6.92 Å². The van der Waals surface area contributed by atoms with E-state index in [0.29, 0.717) is 0 Å². The van der Waals surface area contributed by atoms with Crippen LogP contribution in [-0.2, 0) is 16.8 Å². The highest BCUT2D eigenvalue weighted by atomic mass is 32.1. The second kappa shape index (κ2) is 3.10. The Bertz CT molecular complexity index is 316. The molecule has 0 fully saturated rings. The summed E-state index contributed by atoms with van der Waals surface area (Å²) in [6.07, 6.45) is 2.17. The third-order valence-electron chi connectivity index (χ3n) is 2.93. The van der Waals surface area contributed by atoms with Crippen molar-refractivity contribution in [2.45, 2.75) is 39.2 Å². The first kappa shape index (κ1) is 9.22. The molecule has 2 heteroatoms. The van der Waals surface area contributed by atoms with Crippen LogP contribution in [0.5, 0.6) is 0 Å². The zero-order valence-corrected chi connectivity index (χ0v) is 9.33. The Morgan fingerprint density at radius 2 is 2.38 bits per heavy atom. The standard InChI is InChI=1S/C11H16OS/c1-4-11(3)9-7-8(2)13-10(9)5-6-12-11/h7H,4-6H2,1-3H3. The maximum Gasteiger partial charge on any atom is 0.0911 e. The van der Waals surface area contributed by atoms with Gasteiger partial charge in [-0.3, -0.25) is 0 Å². The van der Waals surface area contributed by atoms with Crippen LogP contribution in [0.2, 0.25) is 0 Å². The molecular weight excluding hydrogens is 180 g/mol. The number of hydrogen-bond acceptors (Lipinski definition) is 2. The third kappa shape index (κ3) is 1.42. The molecule has 0 radical (unpaired) electrons. The summed E-state index contributed by atoms with van der Waals surface area (Å²) in [5, 5.41) is 0. The lowest BCUT2D eigenvalue weighted by Gasteiger charge is -2.33. The molecule has 0 saturated heterocycles. The monoisotopic (exact) mass is 196 g/mol. The van der Waals surface area contributed by atoms with Crippen molar-refractivity contribution in [2.75, 3.05) is 6.61 Å². The quantitative estimate of drug-likeness (QED) is 0.670. The van der Waals surface area contributed by atoms with Crippen LogP contribution < -0.4 is 0 Å². The van der Waals surface area contributed by atoms with Gasteiger partial charge in [0.1, 0.15) is 0 Å². The van der Waals surface area contributed by atoms with Gasteiger partial charge in [0.25, 0.3) is 0 Å². The Morgan fingerprint density at radius 1 is 1.62 bits per heavy atom. The lowest BCUT2D eigenvalue weighted by molar-refractivity contribution is -0.0478. The summed E-state index contributed by atoms with van der Waals surface area (Å²) < 4.78 is 5.86. The Morgan fingerprint density at radius 3 is 3.08 bits per heavy atom. The average Bonchev–Trinajstić information content (AvgIpc) is 2.48. The molecule has 0 N–H and O–H groups in total. The number of ether oxygens (including phenoxy) is 1. The van der Waals surface area contributed by atoms with Crippen molar-refractivity contribution in [3.8, 4) is 0 Å². The number of rotatable bonds is 1. The fourth-order valence-electron chi connectivity index (χ4n) is 1.94. The molecule has 0 aromatic carbocycles.